The fraction of sp³-hybridized carbons (Fsp3) is 0.310. The van der Waals surface area contributed by atoms with E-state index in [-0.39, 0.29) is 35.3 Å². The van der Waals surface area contributed by atoms with Gasteiger partial charge in [-0.3, -0.25) is 13.9 Å². The number of benzene rings is 3. The molecule has 40 heavy (non-hydrogen) atoms. The van der Waals surface area contributed by atoms with Crippen LogP contribution in [-0.4, -0.2) is 57.6 Å². The third-order valence-electron chi connectivity index (χ3n) is 6.18. The van der Waals surface area contributed by atoms with Crippen LogP contribution in [0.3, 0.4) is 0 Å². The number of halogens is 2. The molecule has 0 fully saturated rings. The zero-order chi connectivity index (χ0) is 29.3. The Hall–Kier alpha value is -3.63. The van der Waals surface area contributed by atoms with Gasteiger partial charge in [-0.15, -0.1) is 0 Å². The maximum absolute atomic E-state index is 14.0. The van der Waals surface area contributed by atoms with E-state index in [0.29, 0.717) is 18.5 Å². The fourth-order valence-corrected chi connectivity index (χ4v) is 5.17. The van der Waals surface area contributed by atoms with Gasteiger partial charge in [-0.2, -0.15) is 0 Å². The SMILES string of the molecule is CCCNC(=O)C(Cc1ccccc1)N(Cc1ccc(F)cc1)C(=O)CN(c1cc(Cl)ccc1OC)S(C)(=O)=O. The molecule has 1 N–H and O–H groups in total. The number of hydrogen-bond acceptors (Lipinski definition) is 5. The average Bonchev–Trinajstić information content (AvgIpc) is 2.93. The van der Waals surface area contributed by atoms with Crippen LogP contribution in [0.15, 0.2) is 72.8 Å². The number of nitrogens with zero attached hydrogens (tertiary/aromatic N) is 2. The Morgan fingerprint density at radius 3 is 2.30 bits per heavy atom. The maximum atomic E-state index is 14.0. The Morgan fingerprint density at radius 1 is 1.02 bits per heavy atom. The molecule has 3 aromatic carbocycles. The molecular formula is C29H33ClFN3O5S. The number of methoxy groups -OCH3 is 1. The first-order chi connectivity index (χ1) is 19.0. The van der Waals surface area contributed by atoms with E-state index in [1.165, 1.54) is 48.4 Å². The molecule has 0 aliphatic rings. The summed E-state index contributed by atoms with van der Waals surface area (Å²) in [6.45, 7) is 1.64. The van der Waals surface area contributed by atoms with E-state index in [2.05, 4.69) is 5.32 Å². The van der Waals surface area contributed by atoms with Crippen LogP contribution in [0.4, 0.5) is 10.1 Å². The third-order valence-corrected chi connectivity index (χ3v) is 7.54. The van der Waals surface area contributed by atoms with Crippen molar-refractivity contribution in [3.63, 3.8) is 0 Å². The van der Waals surface area contributed by atoms with Crippen molar-refractivity contribution in [3.05, 3.63) is 94.8 Å². The largest absolute Gasteiger partial charge is 0.495 e. The summed E-state index contributed by atoms with van der Waals surface area (Å²) in [5.41, 5.74) is 1.47. The molecule has 0 bridgehead atoms. The maximum Gasteiger partial charge on any atom is 0.244 e. The van der Waals surface area contributed by atoms with Gasteiger partial charge in [-0.25, -0.2) is 12.8 Å². The Morgan fingerprint density at radius 2 is 1.70 bits per heavy atom. The zero-order valence-electron chi connectivity index (χ0n) is 22.6. The van der Waals surface area contributed by atoms with Crippen molar-refractivity contribution in [3.8, 4) is 5.75 Å². The van der Waals surface area contributed by atoms with E-state index in [1.54, 1.807) is 6.07 Å². The molecule has 8 nitrogen and oxygen atoms in total. The Bertz CT molecular complexity index is 1400. The van der Waals surface area contributed by atoms with Crippen LogP contribution in [0, 0.1) is 5.82 Å². The summed E-state index contributed by atoms with van der Waals surface area (Å²) < 4.78 is 45.8. The summed E-state index contributed by atoms with van der Waals surface area (Å²) in [6, 6.07) is 18.2. The highest BCUT2D eigenvalue weighted by atomic mass is 35.5. The van der Waals surface area contributed by atoms with Crippen molar-refractivity contribution in [2.24, 2.45) is 0 Å². The first-order valence-corrected chi connectivity index (χ1v) is 14.9. The first kappa shape index (κ1) is 30.9. The highest BCUT2D eigenvalue weighted by Gasteiger charge is 2.33. The van der Waals surface area contributed by atoms with Crippen molar-refractivity contribution in [1.29, 1.82) is 0 Å². The number of hydrogen-bond donors (Lipinski definition) is 1. The quantitative estimate of drug-likeness (QED) is 0.318. The molecule has 0 aromatic heterocycles. The average molecular weight is 590 g/mol. The van der Waals surface area contributed by atoms with Gasteiger partial charge < -0.3 is 15.0 Å². The van der Waals surface area contributed by atoms with Gasteiger partial charge in [0.1, 0.15) is 24.2 Å². The van der Waals surface area contributed by atoms with Crippen LogP contribution in [0.1, 0.15) is 24.5 Å². The minimum absolute atomic E-state index is 0.0551. The molecule has 0 aliphatic heterocycles. The van der Waals surface area contributed by atoms with E-state index >= 15 is 0 Å². The number of rotatable bonds is 13. The second kappa shape index (κ2) is 14.1. The smallest absolute Gasteiger partial charge is 0.244 e. The van der Waals surface area contributed by atoms with E-state index < -0.39 is 34.3 Å². The number of carbonyl (C=O) groups is 2. The fourth-order valence-electron chi connectivity index (χ4n) is 4.16. The third kappa shape index (κ3) is 8.43. The minimum Gasteiger partial charge on any atom is -0.495 e. The molecule has 3 aromatic rings. The van der Waals surface area contributed by atoms with E-state index in [4.69, 9.17) is 16.3 Å². The number of anilines is 1. The van der Waals surface area contributed by atoms with Crippen LogP contribution in [-0.2, 0) is 32.6 Å². The molecule has 0 saturated carbocycles. The van der Waals surface area contributed by atoms with Crippen molar-refractivity contribution in [2.75, 3.05) is 30.8 Å². The summed E-state index contributed by atoms with van der Waals surface area (Å²) in [4.78, 5) is 28.8. The Labute approximate surface area is 239 Å². The normalized spacial score (nSPS) is 11.9. The lowest BCUT2D eigenvalue weighted by Crippen LogP contribution is -2.53. The lowest BCUT2D eigenvalue weighted by Gasteiger charge is -2.33. The first-order valence-electron chi connectivity index (χ1n) is 12.7. The van der Waals surface area contributed by atoms with Gasteiger partial charge >= 0.3 is 0 Å². The van der Waals surface area contributed by atoms with Gasteiger partial charge in [0, 0.05) is 24.5 Å². The summed E-state index contributed by atoms with van der Waals surface area (Å²) in [5.74, 6) is -1.26. The monoisotopic (exact) mass is 589 g/mol. The van der Waals surface area contributed by atoms with Crippen molar-refractivity contribution in [2.45, 2.75) is 32.4 Å². The molecule has 0 saturated heterocycles. The van der Waals surface area contributed by atoms with Gasteiger partial charge in [0.2, 0.25) is 21.8 Å². The van der Waals surface area contributed by atoms with Gasteiger partial charge in [0.05, 0.1) is 19.1 Å². The van der Waals surface area contributed by atoms with E-state index in [0.717, 1.165) is 16.1 Å². The number of ether oxygens (including phenoxy) is 1. The lowest BCUT2D eigenvalue weighted by molar-refractivity contribution is -0.140. The topological polar surface area (TPSA) is 96.0 Å². The standard InChI is InChI=1S/C29H33ClFN3O5S/c1-4-16-32-29(36)26(17-21-8-6-5-7-9-21)33(19-22-10-13-24(31)14-11-22)28(35)20-34(40(3,37)38)25-18-23(30)12-15-27(25)39-2/h5-15,18,26H,4,16-17,19-20H2,1-3H3,(H,32,36). The van der Waals surface area contributed by atoms with Gasteiger partial charge in [0.15, 0.2) is 0 Å². The van der Waals surface area contributed by atoms with Gasteiger partial charge in [-0.05, 0) is 47.9 Å². The minimum atomic E-state index is -4.00. The van der Waals surface area contributed by atoms with Crippen LogP contribution in [0.25, 0.3) is 0 Å². The summed E-state index contributed by atoms with van der Waals surface area (Å²) in [7, 11) is -2.62. The second-order valence-corrected chi connectivity index (χ2v) is 11.6. The molecule has 2 amide bonds. The molecule has 1 atom stereocenters. The highest BCUT2D eigenvalue weighted by Crippen LogP contribution is 2.33. The number of carbonyl (C=O) groups excluding carboxylic acids is 2. The van der Waals surface area contributed by atoms with E-state index in [1.807, 2.05) is 37.3 Å². The molecule has 0 heterocycles. The van der Waals surface area contributed by atoms with Crippen molar-refractivity contribution >= 4 is 39.1 Å². The predicted molar refractivity (Wildman–Crippen MR) is 154 cm³/mol. The molecule has 11 heteroatoms. The van der Waals surface area contributed by atoms with Crippen LogP contribution in [0.2, 0.25) is 5.02 Å². The molecule has 0 radical (unpaired) electrons. The number of nitrogens with one attached hydrogen (secondary N) is 1. The van der Waals surface area contributed by atoms with Gasteiger partial charge in [0.25, 0.3) is 0 Å². The number of amides is 2. The predicted octanol–water partition coefficient (Wildman–Crippen LogP) is 4.42. The highest BCUT2D eigenvalue weighted by molar-refractivity contribution is 7.92. The number of sulfonamides is 1. The van der Waals surface area contributed by atoms with Crippen LogP contribution >= 0.6 is 11.6 Å². The van der Waals surface area contributed by atoms with E-state index in [9.17, 15) is 22.4 Å². The summed E-state index contributed by atoms with van der Waals surface area (Å²) in [6.07, 6.45) is 1.84. The summed E-state index contributed by atoms with van der Waals surface area (Å²) >= 11 is 6.16. The van der Waals surface area contributed by atoms with Gasteiger partial charge in [-0.1, -0.05) is 61.0 Å². The van der Waals surface area contributed by atoms with Crippen molar-refractivity contribution in [1.82, 2.24) is 10.2 Å². The second-order valence-electron chi connectivity index (χ2n) is 9.23. The van der Waals surface area contributed by atoms with Crippen LogP contribution < -0.4 is 14.4 Å². The molecule has 3 rings (SSSR count). The van der Waals surface area contributed by atoms with Crippen molar-refractivity contribution < 1.29 is 27.1 Å². The summed E-state index contributed by atoms with van der Waals surface area (Å²) in [5, 5.41) is 3.11. The Kier molecular flexibility index (Phi) is 10.9. The molecule has 0 spiro atoms. The molecular weight excluding hydrogens is 557 g/mol. The molecule has 0 aliphatic carbocycles. The van der Waals surface area contributed by atoms with Crippen LogP contribution in [0.5, 0.6) is 5.75 Å². The lowest BCUT2D eigenvalue weighted by atomic mass is 10.0. The molecule has 214 valence electrons. The molecule has 1 unspecified atom stereocenters. The zero-order valence-corrected chi connectivity index (χ0v) is 24.2. The Balaban J connectivity index is 2.08.